The lowest BCUT2D eigenvalue weighted by Gasteiger charge is -2.17. The largest absolute Gasteiger partial charge is 0.462 e. The summed E-state index contributed by atoms with van der Waals surface area (Å²) in [6.45, 7) is 10.8. The molecule has 6 heteroatoms. The molecule has 1 saturated heterocycles. The lowest BCUT2D eigenvalue weighted by molar-refractivity contribution is 0.0525. The van der Waals surface area contributed by atoms with E-state index in [1.54, 1.807) is 20.8 Å². The molecule has 1 atom stereocenters. The summed E-state index contributed by atoms with van der Waals surface area (Å²) in [5.41, 5.74) is 4.39. The number of benzene rings is 1. The van der Waals surface area contributed by atoms with E-state index >= 15 is 0 Å². The summed E-state index contributed by atoms with van der Waals surface area (Å²) in [6.07, 6.45) is 2.57. The van der Waals surface area contributed by atoms with Crippen molar-refractivity contribution in [3.63, 3.8) is 0 Å². The summed E-state index contributed by atoms with van der Waals surface area (Å²) in [5, 5.41) is 3.27. The first-order valence-corrected chi connectivity index (χ1v) is 10.4. The van der Waals surface area contributed by atoms with Crippen LogP contribution in [-0.4, -0.2) is 47.4 Å². The van der Waals surface area contributed by atoms with E-state index in [-0.39, 0.29) is 5.78 Å². The molecule has 0 spiro atoms. The Morgan fingerprint density at radius 2 is 1.83 bits per heavy atom. The summed E-state index contributed by atoms with van der Waals surface area (Å²) >= 11 is 0. The fourth-order valence-corrected chi connectivity index (χ4v) is 3.94. The average Bonchev–Trinajstić information content (AvgIpc) is 3.30. The molecule has 3 rings (SSSR count). The first kappa shape index (κ1) is 21.1. The first-order chi connectivity index (χ1) is 13.9. The van der Waals surface area contributed by atoms with E-state index in [1.165, 1.54) is 31.5 Å². The van der Waals surface area contributed by atoms with Gasteiger partial charge in [0.2, 0.25) is 5.78 Å². The second kappa shape index (κ2) is 9.27. The number of aryl methyl sites for hydroxylation is 1. The van der Waals surface area contributed by atoms with Crippen molar-refractivity contribution in [2.24, 2.45) is 0 Å². The summed E-state index contributed by atoms with van der Waals surface area (Å²) in [4.78, 5) is 30.7. The van der Waals surface area contributed by atoms with Gasteiger partial charge < -0.3 is 15.0 Å². The normalized spacial score (nSPS) is 15.3. The van der Waals surface area contributed by atoms with Crippen molar-refractivity contribution in [1.29, 1.82) is 0 Å². The van der Waals surface area contributed by atoms with Gasteiger partial charge in [0.25, 0.3) is 0 Å². The van der Waals surface area contributed by atoms with E-state index in [1.807, 2.05) is 19.1 Å². The third-order valence-electron chi connectivity index (χ3n) is 5.50. The van der Waals surface area contributed by atoms with Gasteiger partial charge >= 0.3 is 5.97 Å². The monoisotopic (exact) mass is 397 g/mol. The van der Waals surface area contributed by atoms with Gasteiger partial charge in [0.15, 0.2) is 0 Å². The van der Waals surface area contributed by atoms with Crippen LogP contribution >= 0.6 is 0 Å². The number of nitrogens with zero attached hydrogens (tertiary/aromatic N) is 1. The Morgan fingerprint density at radius 3 is 2.45 bits per heavy atom. The molecule has 0 saturated carbocycles. The number of ketones is 1. The highest BCUT2D eigenvalue weighted by Gasteiger charge is 2.25. The number of ether oxygens (including phenoxy) is 1. The van der Waals surface area contributed by atoms with Crippen molar-refractivity contribution in [3.8, 4) is 0 Å². The molecule has 2 aromatic rings. The van der Waals surface area contributed by atoms with Gasteiger partial charge in [0.1, 0.15) is 0 Å². The zero-order valence-corrected chi connectivity index (χ0v) is 17.8. The predicted molar refractivity (Wildman–Crippen MR) is 115 cm³/mol. The van der Waals surface area contributed by atoms with Crippen LogP contribution in [0.3, 0.4) is 0 Å². The minimum absolute atomic E-state index is 0.0812. The minimum atomic E-state index is -0.425. The number of aromatic nitrogens is 1. The standard InChI is InChI=1S/C23H31N3O3/c1-5-29-23(28)20-15(2)21(25-16(20)3)22(27)17(4)24-19-10-8-18(9-11-19)14-26-12-6-7-13-26/h8-11,17,24-25H,5-7,12-14H2,1-4H3. The SMILES string of the molecule is CCOC(=O)c1c(C)[nH]c(C(=O)C(C)Nc2ccc(CN3CCCC3)cc2)c1C. The Kier molecular flexibility index (Phi) is 6.75. The molecule has 2 heterocycles. The van der Waals surface area contributed by atoms with Crippen molar-refractivity contribution in [3.05, 3.63) is 52.3 Å². The van der Waals surface area contributed by atoms with Crippen molar-refractivity contribution in [2.75, 3.05) is 25.0 Å². The maximum atomic E-state index is 13.0. The van der Waals surface area contributed by atoms with Crippen LogP contribution < -0.4 is 5.32 Å². The highest BCUT2D eigenvalue weighted by atomic mass is 16.5. The van der Waals surface area contributed by atoms with Crippen LogP contribution in [0, 0.1) is 13.8 Å². The number of carbonyl (C=O) groups is 2. The van der Waals surface area contributed by atoms with Gasteiger partial charge in [-0.3, -0.25) is 9.69 Å². The smallest absolute Gasteiger partial charge is 0.340 e. The van der Waals surface area contributed by atoms with Crippen LogP contribution in [0.5, 0.6) is 0 Å². The fourth-order valence-electron chi connectivity index (χ4n) is 3.94. The number of aromatic amines is 1. The number of carbonyl (C=O) groups excluding carboxylic acids is 2. The van der Waals surface area contributed by atoms with Gasteiger partial charge in [-0.1, -0.05) is 12.1 Å². The summed E-state index contributed by atoms with van der Waals surface area (Å²) in [7, 11) is 0. The van der Waals surface area contributed by atoms with Crippen LogP contribution in [0.1, 0.15) is 64.4 Å². The molecule has 1 aliphatic rings. The molecular weight excluding hydrogens is 366 g/mol. The highest BCUT2D eigenvalue weighted by Crippen LogP contribution is 2.22. The summed E-state index contributed by atoms with van der Waals surface area (Å²) in [6, 6.07) is 7.84. The number of esters is 1. The van der Waals surface area contributed by atoms with Crippen LogP contribution in [0.15, 0.2) is 24.3 Å². The van der Waals surface area contributed by atoms with Crippen LogP contribution in [0.4, 0.5) is 5.69 Å². The third kappa shape index (κ3) is 4.88. The molecule has 0 radical (unpaired) electrons. The Labute approximate surface area is 172 Å². The Bertz CT molecular complexity index is 864. The molecule has 6 nitrogen and oxygen atoms in total. The maximum absolute atomic E-state index is 13.0. The molecule has 156 valence electrons. The fraction of sp³-hybridized carbons (Fsp3) is 0.478. The van der Waals surface area contributed by atoms with Gasteiger partial charge in [0, 0.05) is 17.9 Å². The van der Waals surface area contributed by atoms with E-state index in [9.17, 15) is 9.59 Å². The number of nitrogens with one attached hydrogen (secondary N) is 2. The van der Waals surface area contributed by atoms with Gasteiger partial charge in [-0.25, -0.2) is 4.79 Å². The minimum Gasteiger partial charge on any atom is -0.462 e. The molecule has 1 aromatic heterocycles. The van der Waals surface area contributed by atoms with Gasteiger partial charge in [-0.05, 0) is 76.9 Å². The molecule has 1 aliphatic heterocycles. The molecular formula is C23H31N3O3. The Morgan fingerprint density at radius 1 is 1.17 bits per heavy atom. The quantitative estimate of drug-likeness (QED) is 0.518. The van der Waals surface area contributed by atoms with Crippen molar-refractivity contribution >= 4 is 17.4 Å². The Balaban J connectivity index is 1.66. The molecule has 0 aliphatic carbocycles. The molecule has 1 aromatic carbocycles. The lowest BCUT2D eigenvalue weighted by atomic mass is 10.0. The molecule has 1 fully saturated rings. The first-order valence-electron chi connectivity index (χ1n) is 10.4. The second-order valence-corrected chi connectivity index (χ2v) is 7.76. The topological polar surface area (TPSA) is 74.4 Å². The number of hydrogen-bond acceptors (Lipinski definition) is 5. The predicted octanol–water partition coefficient (Wildman–Crippen LogP) is 4.09. The van der Waals surface area contributed by atoms with E-state index in [4.69, 9.17) is 4.74 Å². The number of H-pyrrole nitrogens is 1. The van der Waals surface area contributed by atoms with Gasteiger partial charge in [0.05, 0.1) is 23.9 Å². The van der Waals surface area contributed by atoms with Crippen molar-refractivity contribution in [1.82, 2.24) is 9.88 Å². The number of rotatable bonds is 8. The van der Waals surface area contributed by atoms with Crippen molar-refractivity contribution in [2.45, 2.75) is 53.1 Å². The van der Waals surface area contributed by atoms with E-state index < -0.39 is 12.0 Å². The zero-order chi connectivity index (χ0) is 21.0. The average molecular weight is 398 g/mol. The van der Waals surface area contributed by atoms with Crippen molar-refractivity contribution < 1.29 is 14.3 Å². The molecule has 1 unspecified atom stereocenters. The van der Waals surface area contributed by atoms with Gasteiger partial charge in [-0.2, -0.15) is 0 Å². The Hall–Kier alpha value is -2.60. The summed E-state index contributed by atoms with van der Waals surface area (Å²) < 4.78 is 5.11. The molecule has 0 amide bonds. The molecule has 29 heavy (non-hydrogen) atoms. The third-order valence-corrected chi connectivity index (χ3v) is 5.50. The van der Waals surface area contributed by atoms with Crippen LogP contribution in [0.25, 0.3) is 0 Å². The molecule has 0 bridgehead atoms. The van der Waals surface area contributed by atoms with E-state index in [2.05, 4.69) is 27.3 Å². The maximum Gasteiger partial charge on any atom is 0.340 e. The number of hydrogen-bond donors (Lipinski definition) is 2. The lowest BCUT2D eigenvalue weighted by Crippen LogP contribution is -2.27. The number of Topliss-reactive ketones (excluding diaryl/α,β-unsaturated/α-hetero) is 1. The number of anilines is 1. The van der Waals surface area contributed by atoms with Crippen LogP contribution in [-0.2, 0) is 11.3 Å². The van der Waals surface area contributed by atoms with E-state index in [0.717, 1.165) is 12.2 Å². The molecule has 2 N–H and O–H groups in total. The highest BCUT2D eigenvalue weighted by molar-refractivity contribution is 6.04. The second-order valence-electron chi connectivity index (χ2n) is 7.76. The van der Waals surface area contributed by atoms with E-state index in [0.29, 0.717) is 29.1 Å². The number of likely N-dealkylation sites (tertiary alicyclic amines) is 1. The van der Waals surface area contributed by atoms with Crippen LogP contribution in [0.2, 0.25) is 0 Å². The van der Waals surface area contributed by atoms with Gasteiger partial charge in [-0.15, -0.1) is 0 Å². The summed E-state index contributed by atoms with van der Waals surface area (Å²) in [5.74, 6) is -0.478. The zero-order valence-electron chi connectivity index (χ0n) is 17.8.